The van der Waals surface area contributed by atoms with Crippen LogP contribution in [-0.4, -0.2) is 69.3 Å². The van der Waals surface area contributed by atoms with Crippen molar-refractivity contribution in [2.45, 2.75) is 26.3 Å². The zero-order valence-corrected chi connectivity index (χ0v) is 15.1. The molecule has 0 bridgehead atoms. The van der Waals surface area contributed by atoms with Crippen molar-refractivity contribution in [3.8, 4) is 0 Å². The lowest BCUT2D eigenvalue weighted by molar-refractivity contribution is 0.122. The molecule has 0 spiro atoms. The second-order valence-corrected chi connectivity index (χ2v) is 7.72. The van der Waals surface area contributed by atoms with Crippen LogP contribution in [0, 0.1) is 0 Å². The molecule has 0 aromatic carbocycles. The molecule has 0 atom stereocenters. The molecular formula is C16H21N7OS. The first kappa shape index (κ1) is 15.4. The van der Waals surface area contributed by atoms with Crippen LogP contribution in [0.15, 0.2) is 0 Å². The second kappa shape index (κ2) is 6.15. The second-order valence-electron chi connectivity index (χ2n) is 6.64. The van der Waals surface area contributed by atoms with E-state index in [-0.39, 0.29) is 0 Å². The normalized spacial score (nSPS) is 19.0. The van der Waals surface area contributed by atoms with Crippen LogP contribution in [-0.2, 0) is 17.7 Å². The van der Waals surface area contributed by atoms with Gasteiger partial charge in [0.2, 0.25) is 0 Å². The molecule has 0 N–H and O–H groups in total. The van der Waals surface area contributed by atoms with E-state index in [0.717, 1.165) is 63.0 Å². The minimum absolute atomic E-state index is 0.581. The number of nitrogens with zero attached hydrogens (tertiary/aromatic N) is 7. The molecule has 5 rings (SSSR count). The number of rotatable bonds is 3. The lowest BCUT2D eigenvalue weighted by atomic mass is 10.0. The summed E-state index contributed by atoms with van der Waals surface area (Å²) in [4.78, 5) is 12.2. The van der Waals surface area contributed by atoms with E-state index in [1.807, 2.05) is 11.3 Å². The van der Waals surface area contributed by atoms with Gasteiger partial charge in [-0.1, -0.05) is 12.0 Å². The Hall–Kier alpha value is -1.84. The highest BCUT2D eigenvalue weighted by molar-refractivity contribution is 7.19. The smallest absolute Gasteiger partial charge is 0.276 e. The third kappa shape index (κ3) is 2.49. The van der Waals surface area contributed by atoms with Gasteiger partial charge in [0, 0.05) is 31.1 Å². The summed E-state index contributed by atoms with van der Waals surface area (Å²) in [6.07, 6.45) is 2.26. The monoisotopic (exact) mass is 359 g/mol. The third-order valence-electron chi connectivity index (χ3n) is 5.04. The lowest BCUT2D eigenvalue weighted by Gasteiger charge is -2.29. The first-order valence-corrected chi connectivity index (χ1v) is 9.74. The summed E-state index contributed by atoms with van der Waals surface area (Å²) in [5, 5.41) is 13.4. The van der Waals surface area contributed by atoms with Gasteiger partial charge in [0.15, 0.2) is 0 Å². The van der Waals surface area contributed by atoms with E-state index in [0.29, 0.717) is 5.78 Å². The molecule has 9 heteroatoms. The Balaban J connectivity index is 1.70. The van der Waals surface area contributed by atoms with E-state index in [2.05, 4.69) is 32.2 Å². The number of hydrogen-bond acceptors (Lipinski definition) is 8. The van der Waals surface area contributed by atoms with Gasteiger partial charge in [0.25, 0.3) is 5.78 Å². The third-order valence-corrected chi connectivity index (χ3v) is 6.24. The van der Waals surface area contributed by atoms with E-state index >= 15 is 0 Å². The van der Waals surface area contributed by atoms with Gasteiger partial charge in [-0.3, -0.25) is 4.90 Å². The summed E-state index contributed by atoms with van der Waals surface area (Å²) in [6, 6.07) is 0. The van der Waals surface area contributed by atoms with Crippen molar-refractivity contribution in [1.29, 1.82) is 0 Å². The molecule has 25 heavy (non-hydrogen) atoms. The number of hydrogen-bond donors (Lipinski definition) is 0. The first-order chi connectivity index (χ1) is 12.3. The van der Waals surface area contributed by atoms with E-state index in [1.165, 1.54) is 22.2 Å². The van der Waals surface area contributed by atoms with Crippen molar-refractivity contribution < 1.29 is 4.74 Å². The largest absolute Gasteiger partial charge is 0.378 e. The van der Waals surface area contributed by atoms with Crippen molar-refractivity contribution in [3.05, 3.63) is 10.4 Å². The number of fused-ring (bicyclic) bond motifs is 5. The van der Waals surface area contributed by atoms with Gasteiger partial charge in [-0.25, -0.2) is 0 Å². The molecule has 3 aromatic heterocycles. The zero-order chi connectivity index (χ0) is 16.8. The number of thiophene rings is 1. The summed E-state index contributed by atoms with van der Waals surface area (Å²) < 4.78 is 7.32. The first-order valence-electron chi connectivity index (χ1n) is 8.92. The molecule has 0 aliphatic carbocycles. The number of morpholine rings is 1. The van der Waals surface area contributed by atoms with Crippen LogP contribution in [0.25, 0.3) is 16.0 Å². The van der Waals surface area contributed by atoms with Gasteiger partial charge in [0.1, 0.15) is 10.6 Å². The fraction of sp³-hybridized carbons (Fsp3) is 0.625. The Morgan fingerprint density at radius 2 is 2.08 bits per heavy atom. The minimum Gasteiger partial charge on any atom is -0.378 e. The molecular weight excluding hydrogens is 338 g/mol. The summed E-state index contributed by atoms with van der Waals surface area (Å²) in [5.74, 6) is 1.61. The molecule has 0 amide bonds. The van der Waals surface area contributed by atoms with E-state index < -0.39 is 0 Å². The van der Waals surface area contributed by atoms with Gasteiger partial charge in [0.05, 0.1) is 18.6 Å². The number of aromatic nitrogens is 5. The average Bonchev–Trinajstić information content (AvgIpc) is 3.25. The number of tetrazole rings is 1. The van der Waals surface area contributed by atoms with Crippen LogP contribution in [0.2, 0.25) is 0 Å². The topological polar surface area (TPSA) is 71.7 Å². The fourth-order valence-electron chi connectivity index (χ4n) is 3.87. The maximum absolute atomic E-state index is 5.52. The summed E-state index contributed by atoms with van der Waals surface area (Å²) in [6.45, 7) is 8.76. The van der Waals surface area contributed by atoms with Crippen LogP contribution in [0.1, 0.15) is 23.8 Å². The number of anilines is 1. The van der Waals surface area contributed by atoms with Crippen LogP contribution in [0.4, 0.5) is 5.82 Å². The van der Waals surface area contributed by atoms with Gasteiger partial charge < -0.3 is 9.64 Å². The predicted molar refractivity (Wildman–Crippen MR) is 96.3 cm³/mol. The highest BCUT2D eigenvalue weighted by atomic mass is 32.1. The van der Waals surface area contributed by atoms with Crippen molar-refractivity contribution in [3.63, 3.8) is 0 Å². The van der Waals surface area contributed by atoms with Gasteiger partial charge >= 0.3 is 0 Å². The van der Waals surface area contributed by atoms with Gasteiger partial charge in [-0.05, 0) is 35.4 Å². The molecule has 3 aromatic rings. The minimum atomic E-state index is 0.581. The van der Waals surface area contributed by atoms with Crippen molar-refractivity contribution >= 4 is 33.1 Å². The Kier molecular flexibility index (Phi) is 3.79. The molecule has 0 unspecified atom stereocenters. The standard InChI is InChI=1S/C16H21N7OS/c1-2-4-21-5-3-11-12(10-21)25-15-13(11)14(22-6-8-24-9-7-22)17-16-18-19-20-23(15)16/h2-10H2,1H3. The van der Waals surface area contributed by atoms with Crippen LogP contribution >= 0.6 is 11.3 Å². The Morgan fingerprint density at radius 3 is 2.92 bits per heavy atom. The molecule has 0 radical (unpaired) electrons. The summed E-state index contributed by atoms with van der Waals surface area (Å²) >= 11 is 1.82. The van der Waals surface area contributed by atoms with E-state index in [4.69, 9.17) is 9.72 Å². The highest BCUT2D eigenvalue weighted by Gasteiger charge is 2.27. The van der Waals surface area contributed by atoms with Gasteiger partial charge in [-0.15, -0.1) is 11.3 Å². The Morgan fingerprint density at radius 1 is 1.20 bits per heavy atom. The average molecular weight is 359 g/mol. The lowest BCUT2D eigenvalue weighted by Crippen LogP contribution is -2.37. The fourth-order valence-corrected chi connectivity index (χ4v) is 5.20. The molecule has 132 valence electrons. The SMILES string of the molecule is CCCN1CCc2c(sc3c2c(N2CCOCC2)nc2nnnn23)C1. The van der Waals surface area contributed by atoms with E-state index in [1.54, 1.807) is 4.52 Å². The van der Waals surface area contributed by atoms with Crippen molar-refractivity contribution in [1.82, 2.24) is 29.9 Å². The maximum Gasteiger partial charge on any atom is 0.276 e. The highest BCUT2D eigenvalue weighted by Crippen LogP contribution is 2.39. The van der Waals surface area contributed by atoms with Crippen LogP contribution in [0.3, 0.4) is 0 Å². The van der Waals surface area contributed by atoms with Crippen LogP contribution in [0.5, 0.6) is 0 Å². The molecule has 1 fully saturated rings. The van der Waals surface area contributed by atoms with E-state index in [9.17, 15) is 0 Å². The summed E-state index contributed by atoms with van der Waals surface area (Å²) in [7, 11) is 0. The van der Waals surface area contributed by atoms with Crippen molar-refractivity contribution in [2.24, 2.45) is 0 Å². The zero-order valence-electron chi connectivity index (χ0n) is 14.3. The molecule has 8 nitrogen and oxygen atoms in total. The van der Waals surface area contributed by atoms with Crippen LogP contribution < -0.4 is 4.90 Å². The molecule has 5 heterocycles. The Labute approximate surface area is 149 Å². The predicted octanol–water partition coefficient (Wildman–Crippen LogP) is 1.34. The van der Waals surface area contributed by atoms with Crippen molar-refractivity contribution in [2.75, 3.05) is 44.3 Å². The summed E-state index contributed by atoms with van der Waals surface area (Å²) in [5.41, 5.74) is 1.44. The molecule has 1 saturated heterocycles. The Bertz CT molecular complexity index is 914. The maximum atomic E-state index is 5.52. The molecule has 0 saturated carbocycles. The molecule has 2 aliphatic rings. The molecule has 2 aliphatic heterocycles. The quantitative estimate of drug-likeness (QED) is 0.699. The number of ether oxygens (including phenoxy) is 1. The van der Waals surface area contributed by atoms with Gasteiger partial charge in [-0.2, -0.15) is 9.50 Å².